The summed E-state index contributed by atoms with van der Waals surface area (Å²) in [6.07, 6.45) is 8.18. The lowest BCUT2D eigenvalue weighted by Gasteiger charge is -2.13. The molecule has 0 fully saturated rings. The third-order valence-electron chi connectivity index (χ3n) is 11.3. The van der Waals surface area contributed by atoms with Crippen LogP contribution >= 0.6 is 7.60 Å². The second kappa shape index (κ2) is 17.0. The number of allylic oxidation sites excluding steroid dienone is 2. The summed E-state index contributed by atoms with van der Waals surface area (Å²) in [7, 11) is -3.58. The van der Waals surface area contributed by atoms with Crippen molar-refractivity contribution in [1.82, 2.24) is 19.9 Å². The lowest BCUT2D eigenvalue weighted by Crippen LogP contribution is -1.93. The number of hydrogen-bond donors (Lipinski definition) is 2. The van der Waals surface area contributed by atoms with Gasteiger partial charge in [0.25, 0.3) is 0 Å². The summed E-state index contributed by atoms with van der Waals surface area (Å²) in [4.78, 5) is 18.7. The van der Waals surface area contributed by atoms with Crippen LogP contribution in [0, 0.1) is 27.7 Å². The molecule has 3 aromatic heterocycles. The average Bonchev–Trinajstić information content (AvgIpc) is 4.10. The molecular weight excluding hydrogens is 784 g/mol. The summed E-state index contributed by atoms with van der Waals surface area (Å²) in [5.41, 5.74) is 20.1. The van der Waals surface area contributed by atoms with Gasteiger partial charge in [0, 0.05) is 55.7 Å². The quantitative estimate of drug-likeness (QED) is 0.134. The number of aromatic amines is 2. The van der Waals surface area contributed by atoms with Gasteiger partial charge in [0.15, 0.2) is 0 Å². The van der Waals surface area contributed by atoms with Crippen molar-refractivity contribution >= 4 is 53.5 Å². The minimum absolute atomic E-state index is 0.243. The first-order valence-electron chi connectivity index (χ1n) is 21.2. The van der Waals surface area contributed by atoms with E-state index >= 15 is 0 Å². The number of H-pyrrole nitrogens is 2. The number of nitrogens with one attached hydrogen (secondary N) is 2. The second-order valence-electron chi connectivity index (χ2n) is 15.9. The summed E-state index contributed by atoms with van der Waals surface area (Å²) >= 11 is 0. The van der Waals surface area contributed by atoms with Crippen molar-refractivity contribution in [3.63, 3.8) is 0 Å². The van der Waals surface area contributed by atoms with E-state index in [1.165, 1.54) is 11.1 Å². The zero-order valence-electron chi connectivity index (χ0n) is 35.9. The summed E-state index contributed by atoms with van der Waals surface area (Å²) in [5, 5.41) is 0. The highest BCUT2D eigenvalue weighted by Crippen LogP contribution is 2.51. The van der Waals surface area contributed by atoms with E-state index in [-0.39, 0.29) is 13.2 Å². The molecule has 0 saturated heterocycles. The van der Waals surface area contributed by atoms with Crippen molar-refractivity contribution < 1.29 is 13.6 Å². The first-order valence-corrected chi connectivity index (χ1v) is 22.8. The minimum Gasteiger partial charge on any atom is -0.354 e. The van der Waals surface area contributed by atoms with E-state index in [1.54, 1.807) is 5.82 Å². The maximum atomic E-state index is 14.0. The predicted molar refractivity (Wildman–Crippen MR) is 258 cm³/mol. The highest BCUT2D eigenvalue weighted by atomic mass is 31.2. The molecule has 62 heavy (non-hydrogen) atoms. The van der Waals surface area contributed by atoms with E-state index < -0.39 is 7.60 Å². The Morgan fingerprint density at radius 3 is 1.23 bits per heavy atom. The van der Waals surface area contributed by atoms with Gasteiger partial charge in [0.05, 0.1) is 36.0 Å². The molecule has 0 spiro atoms. The van der Waals surface area contributed by atoms with E-state index in [1.807, 2.05) is 19.9 Å². The fraction of sp³-hybridized carbons (Fsp3) is 0.148. The standard InChI is InChI=1S/C54H49N4O3P/c1-7-60-62(59,61-8-2)32-31-42-33-49-52(40-21-13-36(5)14-22-40)47-28-27-45(56-47)50(38-17-9-34(3)10-18-38)43-25-26-44(55-43)51(39-19-11-35(4)12-20-39)46-29-30-48(57-46)53(54(42)58-49)41-23-15-37(6)16-24-41/h9-33,56-57H,7-8H2,1-6H3/b32-31-,50-43?,50-45?,51-44?,51-46?,52-47?,52-49?,53-48?,54-53?. The van der Waals surface area contributed by atoms with Gasteiger partial charge in [0.2, 0.25) is 0 Å². The zero-order valence-corrected chi connectivity index (χ0v) is 36.8. The Balaban J connectivity index is 1.48. The Labute approximate surface area is 363 Å². The van der Waals surface area contributed by atoms with Crippen molar-refractivity contribution in [2.45, 2.75) is 41.5 Å². The second-order valence-corrected chi connectivity index (χ2v) is 17.8. The van der Waals surface area contributed by atoms with Crippen LogP contribution in [0.15, 0.2) is 133 Å². The van der Waals surface area contributed by atoms with Crippen molar-refractivity contribution in [3.05, 3.63) is 178 Å². The molecule has 5 heterocycles. The largest absolute Gasteiger partial charge is 0.354 e. The van der Waals surface area contributed by atoms with Crippen LogP contribution in [0.2, 0.25) is 0 Å². The Morgan fingerprint density at radius 2 is 0.839 bits per heavy atom. The fourth-order valence-corrected chi connectivity index (χ4v) is 9.49. The number of nitrogens with zero attached hydrogens (tertiary/aromatic N) is 2. The molecule has 2 aliphatic rings. The smallest absolute Gasteiger partial charge is 0.354 e. The third kappa shape index (κ3) is 8.11. The van der Waals surface area contributed by atoms with Gasteiger partial charge in [-0.15, -0.1) is 0 Å². The van der Waals surface area contributed by atoms with E-state index in [2.05, 4.69) is 177 Å². The van der Waals surface area contributed by atoms with Crippen molar-refractivity contribution in [2.24, 2.45) is 0 Å². The third-order valence-corrected chi connectivity index (χ3v) is 13.1. The average molecular weight is 833 g/mol. The normalized spacial score (nSPS) is 12.6. The van der Waals surface area contributed by atoms with Gasteiger partial charge in [-0.3, -0.25) is 4.57 Å². The highest BCUT2D eigenvalue weighted by molar-refractivity contribution is 7.57. The molecule has 2 aliphatic heterocycles. The molecule has 7 nitrogen and oxygen atoms in total. The molecule has 0 amide bonds. The molecule has 8 bridgehead atoms. The molecule has 0 unspecified atom stereocenters. The maximum absolute atomic E-state index is 14.0. The van der Waals surface area contributed by atoms with Crippen molar-refractivity contribution in [3.8, 4) is 44.5 Å². The monoisotopic (exact) mass is 832 g/mol. The molecule has 0 saturated carbocycles. The molecule has 7 aromatic rings. The van der Waals surface area contributed by atoms with Gasteiger partial charge >= 0.3 is 7.60 Å². The molecule has 0 aliphatic carbocycles. The lowest BCUT2D eigenvalue weighted by atomic mass is 9.98. The number of benzene rings is 4. The topological polar surface area (TPSA) is 92.9 Å². The van der Waals surface area contributed by atoms with Gasteiger partial charge in [-0.25, -0.2) is 9.97 Å². The highest BCUT2D eigenvalue weighted by Gasteiger charge is 2.24. The van der Waals surface area contributed by atoms with E-state index in [0.717, 1.165) is 100 Å². The molecule has 9 rings (SSSR count). The number of rotatable bonds is 10. The van der Waals surface area contributed by atoms with Crippen LogP contribution in [0.25, 0.3) is 90.4 Å². The lowest BCUT2D eigenvalue weighted by molar-refractivity contribution is 0.229. The van der Waals surface area contributed by atoms with Gasteiger partial charge in [-0.1, -0.05) is 119 Å². The van der Waals surface area contributed by atoms with Gasteiger partial charge in [-0.05, 0) is 112 Å². The molecule has 8 heteroatoms. The van der Waals surface area contributed by atoms with Crippen LogP contribution in [-0.2, 0) is 13.6 Å². The van der Waals surface area contributed by atoms with Crippen molar-refractivity contribution in [1.29, 1.82) is 0 Å². The van der Waals surface area contributed by atoms with E-state index in [9.17, 15) is 4.57 Å². The van der Waals surface area contributed by atoms with Crippen LogP contribution in [-0.4, -0.2) is 33.1 Å². The Kier molecular flexibility index (Phi) is 11.2. The van der Waals surface area contributed by atoms with Crippen LogP contribution in [0.3, 0.4) is 0 Å². The first kappa shape index (κ1) is 40.8. The minimum atomic E-state index is -3.58. The molecular formula is C54H49N4O3P. The molecule has 308 valence electrons. The van der Waals surface area contributed by atoms with Gasteiger partial charge < -0.3 is 19.0 Å². The van der Waals surface area contributed by atoms with E-state index in [0.29, 0.717) is 5.69 Å². The van der Waals surface area contributed by atoms with Crippen molar-refractivity contribution in [2.75, 3.05) is 13.2 Å². The Hall–Kier alpha value is -6.63. The molecule has 0 atom stereocenters. The van der Waals surface area contributed by atoms with E-state index in [4.69, 9.17) is 19.0 Å². The Morgan fingerprint density at radius 1 is 0.484 bits per heavy atom. The predicted octanol–water partition coefficient (Wildman–Crippen LogP) is 14.7. The maximum Gasteiger partial charge on any atom is 0.354 e. The number of aromatic nitrogens is 4. The van der Waals surface area contributed by atoms with Gasteiger partial charge in [0.1, 0.15) is 0 Å². The van der Waals surface area contributed by atoms with Gasteiger partial charge in [-0.2, -0.15) is 0 Å². The number of aryl methyl sites for hydroxylation is 4. The Bertz CT molecular complexity index is 3120. The van der Waals surface area contributed by atoms with Crippen LogP contribution in [0.4, 0.5) is 0 Å². The fourth-order valence-electron chi connectivity index (χ4n) is 8.18. The molecule has 0 radical (unpaired) electrons. The first-order chi connectivity index (χ1) is 30.1. The summed E-state index contributed by atoms with van der Waals surface area (Å²) in [6, 6.07) is 42.8. The summed E-state index contributed by atoms with van der Waals surface area (Å²) in [6.45, 7) is 12.5. The SMILES string of the molecule is CCOP(=O)(/C=C\C1=Cc2nc1c(-c1ccc(C)cc1)c1ccc([nH]1)c(-c1ccc(C)cc1)c1nc(c(-c3ccc(C)cc3)c3ccc([nH]3)c2-c2ccc(C)cc2)C=C1)OCC. The number of fused-ring (bicyclic) bond motifs is 8. The summed E-state index contributed by atoms with van der Waals surface area (Å²) in [5.74, 6) is 1.57. The zero-order chi connectivity index (χ0) is 43.0. The molecule has 4 aromatic carbocycles. The molecule has 2 N–H and O–H groups in total. The summed E-state index contributed by atoms with van der Waals surface area (Å²) < 4.78 is 25.5. The van der Waals surface area contributed by atoms with Crippen LogP contribution in [0.5, 0.6) is 0 Å². The van der Waals surface area contributed by atoms with Crippen LogP contribution < -0.4 is 0 Å². The van der Waals surface area contributed by atoms with Crippen LogP contribution in [0.1, 0.15) is 58.9 Å². The number of hydrogen-bond acceptors (Lipinski definition) is 5.